The van der Waals surface area contributed by atoms with Gasteiger partial charge in [0.15, 0.2) is 0 Å². The van der Waals surface area contributed by atoms with Gasteiger partial charge >= 0.3 is 0 Å². The van der Waals surface area contributed by atoms with Crippen LogP contribution in [-0.2, 0) is 18.8 Å². The lowest BCUT2D eigenvalue weighted by atomic mass is 10.1. The molecule has 1 fully saturated rings. The van der Waals surface area contributed by atoms with Gasteiger partial charge in [-0.2, -0.15) is 12.6 Å². The second kappa shape index (κ2) is 6.19. The monoisotopic (exact) mass is 305 g/mol. The zero-order chi connectivity index (χ0) is 13.9. The van der Waals surface area contributed by atoms with Gasteiger partial charge in [-0.25, -0.2) is 4.98 Å². The van der Waals surface area contributed by atoms with Gasteiger partial charge < -0.3 is 4.74 Å². The zero-order valence-corrected chi connectivity index (χ0v) is 13.3. The van der Waals surface area contributed by atoms with Crippen LogP contribution in [0.15, 0.2) is 24.3 Å². The molecule has 3 rings (SSSR count). The first-order valence-corrected chi connectivity index (χ1v) is 8.56. The molecule has 0 N–H and O–H groups in total. The van der Waals surface area contributed by atoms with Gasteiger partial charge in [0, 0.05) is 16.5 Å². The Labute approximate surface area is 129 Å². The van der Waals surface area contributed by atoms with Gasteiger partial charge in [0.1, 0.15) is 17.4 Å². The number of aromatic nitrogens is 1. The predicted molar refractivity (Wildman–Crippen MR) is 86.9 cm³/mol. The summed E-state index contributed by atoms with van der Waals surface area (Å²) in [6.07, 6.45) is 3.55. The molecule has 0 aliphatic heterocycles. The Balaban J connectivity index is 1.72. The summed E-state index contributed by atoms with van der Waals surface area (Å²) in [6, 6.07) is 8.23. The lowest BCUT2D eigenvalue weighted by Crippen LogP contribution is -1.98. The average Bonchev–Trinajstić information content (AvgIpc) is 3.25. The standard InChI is InChI=1S/C16H19NOS2/c1-2-11-5-3-4-6-13(11)18-9-15-17-16(12-7-8-12)14(10-19)20-15/h3-6,12,19H,2,7-10H2,1H3. The number of rotatable bonds is 6. The molecule has 1 aliphatic rings. The van der Waals surface area contributed by atoms with Crippen molar-refractivity contribution < 1.29 is 4.74 Å². The third kappa shape index (κ3) is 3.01. The van der Waals surface area contributed by atoms with E-state index in [9.17, 15) is 0 Å². The van der Waals surface area contributed by atoms with Crippen molar-refractivity contribution >= 4 is 24.0 Å². The van der Waals surface area contributed by atoms with Crippen LogP contribution in [0.5, 0.6) is 5.75 Å². The molecular formula is C16H19NOS2. The van der Waals surface area contributed by atoms with Crippen molar-refractivity contribution in [1.82, 2.24) is 4.98 Å². The van der Waals surface area contributed by atoms with Gasteiger partial charge in [-0.1, -0.05) is 25.1 Å². The van der Waals surface area contributed by atoms with Crippen molar-refractivity contribution in [3.63, 3.8) is 0 Å². The van der Waals surface area contributed by atoms with Crippen molar-refractivity contribution in [2.24, 2.45) is 0 Å². The maximum Gasteiger partial charge on any atom is 0.140 e. The van der Waals surface area contributed by atoms with Crippen LogP contribution in [0.3, 0.4) is 0 Å². The fourth-order valence-electron chi connectivity index (χ4n) is 2.34. The van der Waals surface area contributed by atoms with Gasteiger partial charge in [-0.3, -0.25) is 0 Å². The van der Waals surface area contributed by atoms with E-state index in [4.69, 9.17) is 9.72 Å². The summed E-state index contributed by atoms with van der Waals surface area (Å²) in [4.78, 5) is 6.08. The minimum absolute atomic E-state index is 0.565. The highest BCUT2D eigenvalue weighted by Gasteiger charge is 2.29. The molecule has 106 valence electrons. The van der Waals surface area contributed by atoms with Crippen molar-refractivity contribution in [3.8, 4) is 5.75 Å². The number of thiazole rings is 1. The number of thiol groups is 1. The summed E-state index contributed by atoms with van der Waals surface area (Å²) in [5.74, 6) is 2.45. The Morgan fingerprint density at radius 3 is 2.85 bits per heavy atom. The molecule has 1 aliphatic carbocycles. The van der Waals surface area contributed by atoms with Crippen LogP contribution < -0.4 is 4.74 Å². The lowest BCUT2D eigenvalue weighted by molar-refractivity contribution is 0.302. The van der Waals surface area contributed by atoms with Crippen LogP contribution in [0.1, 0.15) is 46.8 Å². The van der Waals surface area contributed by atoms with Crippen molar-refractivity contribution in [3.05, 3.63) is 45.4 Å². The summed E-state index contributed by atoms with van der Waals surface area (Å²) in [6.45, 7) is 2.71. The number of hydrogen-bond donors (Lipinski definition) is 1. The molecule has 0 spiro atoms. The first-order valence-electron chi connectivity index (χ1n) is 7.11. The number of benzene rings is 1. The van der Waals surface area contributed by atoms with Gasteiger partial charge in [-0.15, -0.1) is 11.3 Å². The van der Waals surface area contributed by atoms with E-state index in [0.717, 1.165) is 22.9 Å². The molecule has 0 atom stereocenters. The Hall–Kier alpha value is -1.000. The van der Waals surface area contributed by atoms with E-state index < -0.39 is 0 Å². The van der Waals surface area contributed by atoms with E-state index in [-0.39, 0.29) is 0 Å². The third-order valence-corrected chi connectivity index (χ3v) is 5.16. The van der Waals surface area contributed by atoms with E-state index in [1.54, 1.807) is 11.3 Å². The van der Waals surface area contributed by atoms with Gasteiger partial charge in [0.2, 0.25) is 0 Å². The molecule has 1 heterocycles. The highest BCUT2D eigenvalue weighted by Crippen LogP contribution is 2.43. The number of para-hydroxylation sites is 1. The third-order valence-electron chi connectivity index (χ3n) is 3.58. The smallest absolute Gasteiger partial charge is 0.140 e. The van der Waals surface area contributed by atoms with Crippen LogP contribution >= 0.6 is 24.0 Å². The minimum atomic E-state index is 0.565. The molecule has 1 saturated carbocycles. The van der Waals surface area contributed by atoms with Crippen molar-refractivity contribution in [2.45, 2.75) is 44.5 Å². The second-order valence-corrected chi connectivity index (χ2v) is 6.58. The van der Waals surface area contributed by atoms with Crippen LogP contribution in [-0.4, -0.2) is 4.98 Å². The molecule has 0 unspecified atom stereocenters. The molecule has 20 heavy (non-hydrogen) atoms. The molecule has 0 bridgehead atoms. The van der Waals surface area contributed by atoms with E-state index in [2.05, 4.69) is 31.7 Å². The molecule has 2 aromatic rings. The van der Waals surface area contributed by atoms with E-state index >= 15 is 0 Å². The summed E-state index contributed by atoms with van der Waals surface area (Å²) >= 11 is 6.16. The molecule has 1 aromatic carbocycles. The Morgan fingerprint density at radius 1 is 1.35 bits per heavy atom. The number of aryl methyl sites for hydroxylation is 1. The normalized spacial score (nSPS) is 14.5. The first kappa shape index (κ1) is 14.0. The first-order chi connectivity index (χ1) is 9.81. The second-order valence-electron chi connectivity index (χ2n) is 5.10. The maximum atomic E-state index is 5.95. The molecule has 4 heteroatoms. The summed E-state index contributed by atoms with van der Waals surface area (Å²) in [7, 11) is 0. The number of hydrogen-bond acceptors (Lipinski definition) is 4. The molecule has 2 nitrogen and oxygen atoms in total. The minimum Gasteiger partial charge on any atom is -0.486 e. The SMILES string of the molecule is CCc1ccccc1OCc1nc(C2CC2)c(CS)s1. The number of nitrogens with zero attached hydrogens (tertiary/aromatic N) is 1. The van der Waals surface area contributed by atoms with Crippen molar-refractivity contribution in [1.29, 1.82) is 0 Å². The highest BCUT2D eigenvalue weighted by atomic mass is 32.1. The summed E-state index contributed by atoms with van der Waals surface area (Å²) in [5, 5.41) is 1.07. The van der Waals surface area contributed by atoms with Gasteiger partial charge in [0.25, 0.3) is 0 Å². The van der Waals surface area contributed by atoms with Crippen LogP contribution in [0.25, 0.3) is 0 Å². The largest absolute Gasteiger partial charge is 0.486 e. The van der Waals surface area contributed by atoms with Gasteiger partial charge in [0.05, 0.1) is 5.69 Å². The number of ether oxygens (including phenoxy) is 1. The summed E-state index contributed by atoms with van der Waals surface area (Å²) in [5.41, 5.74) is 2.52. The topological polar surface area (TPSA) is 22.1 Å². The average molecular weight is 305 g/mol. The Morgan fingerprint density at radius 2 is 2.15 bits per heavy atom. The Bertz CT molecular complexity index is 590. The van der Waals surface area contributed by atoms with Crippen LogP contribution in [0.4, 0.5) is 0 Å². The fourth-order valence-corrected chi connectivity index (χ4v) is 3.62. The molecule has 1 aromatic heterocycles. The van der Waals surface area contributed by atoms with E-state index in [0.29, 0.717) is 12.5 Å². The fraction of sp³-hybridized carbons (Fsp3) is 0.438. The van der Waals surface area contributed by atoms with Crippen LogP contribution in [0.2, 0.25) is 0 Å². The summed E-state index contributed by atoms with van der Waals surface area (Å²) < 4.78 is 5.95. The van der Waals surface area contributed by atoms with Crippen molar-refractivity contribution in [2.75, 3.05) is 0 Å². The van der Waals surface area contributed by atoms with E-state index in [1.165, 1.54) is 29.0 Å². The van der Waals surface area contributed by atoms with Gasteiger partial charge in [-0.05, 0) is 30.9 Å². The zero-order valence-electron chi connectivity index (χ0n) is 11.6. The lowest BCUT2D eigenvalue weighted by Gasteiger charge is -2.08. The molecule has 0 amide bonds. The highest BCUT2D eigenvalue weighted by molar-refractivity contribution is 7.79. The quantitative estimate of drug-likeness (QED) is 0.788. The van der Waals surface area contributed by atoms with Crippen LogP contribution in [0, 0.1) is 0 Å². The maximum absolute atomic E-state index is 5.95. The molecule has 0 radical (unpaired) electrons. The predicted octanol–water partition coefficient (Wildman–Crippen LogP) is 4.59. The van der Waals surface area contributed by atoms with E-state index in [1.807, 2.05) is 12.1 Å². The molecule has 0 saturated heterocycles. The Kier molecular flexibility index (Phi) is 4.32. The molecular weight excluding hydrogens is 286 g/mol.